The van der Waals surface area contributed by atoms with Gasteiger partial charge in [-0.15, -0.1) is 11.3 Å². The molecule has 2 unspecified atom stereocenters. The largest absolute Gasteiger partial charge is 0.481 e. The third-order valence-corrected chi connectivity index (χ3v) is 4.97. The van der Waals surface area contributed by atoms with Crippen LogP contribution in [0, 0.1) is 5.92 Å². The van der Waals surface area contributed by atoms with Gasteiger partial charge in [0, 0.05) is 12.6 Å². The maximum Gasteiger partial charge on any atom is 0.308 e. The van der Waals surface area contributed by atoms with Crippen molar-refractivity contribution in [1.82, 2.24) is 4.90 Å². The van der Waals surface area contributed by atoms with E-state index in [1.165, 1.54) is 5.56 Å². The van der Waals surface area contributed by atoms with Gasteiger partial charge in [0.15, 0.2) is 0 Å². The van der Waals surface area contributed by atoms with Crippen molar-refractivity contribution in [3.05, 3.63) is 20.8 Å². The Labute approximate surface area is 114 Å². The summed E-state index contributed by atoms with van der Waals surface area (Å²) in [4.78, 5) is 13.3. The molecule has 1 aromatic heterocycles. The maximum atomic E-state index is 11.1. The summed E-state index contributed by atoms with van der Waals surface area (Å²) in [7, 11) is 2.03. The number of nitrogens with zero attached hydrogens (tertiary/aromatic N) is 1. The summed E-state index contributed by atoms with van der Waals surface area (Å²) >= 11 is 5.12. The van der Waals surface area contributed by atoms with Gasteiger partial charge in [-0.2, -0.15) is 0 Å². The van der Waals surface area contributed by atoms with Crippen molar-refractivity contribution in [2.24, 2.45) is 5.92 Å². The van der Waals surface area contributed by atoms with Crippen LogP contribution < -0.4 is 0 Å². The van der Waals surface area contributed by atoms with E-state index in [1.807, 2.05) is 7.05 Å². The van der Waals surface area contributed by atoms with E-state index in [0.717, 1.165) is 29.6 Å². The third kappa shape index (κ3) is 3.09. The van der Waals surface area contributed by atoms with Crippen molar-refractivity contribution < 1.29 is 9.90 Å². The van der Waals surface area contributed by atoms with Crippen LogP contribution in [-0.2, 0) is 11.3 Å². The topological polar surface area (TPSA) is 40.5 Å². The van der Waals surface area contributed by atoms with Crippen molar-refractivity contribution in [2.45, 2.75) is 31.8 Å². The molecule has 17 heavy (non-hydrogen) atoms. The van der Waals surface area contributed by atoms with Gasteiger partial charge in [0.05, 0.1) is 9.70 Å². The molecule has 0 saturated heterocycles. The summed E-state index contributed by atoms with van der Waals surface area (Å²) in [6.07, 6.45) is 2.84. The predicted molar refractivity (Wildman–Crippen MR) is 72.3 cm³/mol. The average Bonchev–Trinajstić information content (AvgIpc) is 2.86. The van der Waals surface area contributed by atoms with Gasteiger partial charge >= 0.3 is 5.97 Å². The molecule has 0 spiro atoms. The molecule has 1 aliphatic carbocycles. The quantitative estimate of drug-likeness (QED) is 0.927. The second-order valence-electron chi connectivity index (χ2n) is 4.62. The number of carboxylic acid groups (broad SMARTS) is 1. The first-order valence-corrected chi connectivity index (χ1v) is 7.41. The Bertz CT molecular complexity index is 407. The highest BCUT2D eigenvalue weighted by Crippen LogP contribution is 2.31. The second-order valence-corrected chi connectivity index (χ2v) is 6.91. The van der Waals surface area contributed by atoms with E-state index in [9.17, 15) is 9.90 Å². The van der Waals surface area contributed by atoms with Gasteiger partial charge in [-0.3, -0.25) is 9.69 Å². The highest BCUT2D eigenvalue weighted by molar-refractivity contribution is 9.11. The first kappa shape index (κ1) is 13.1. The van der Waals surface area contributed by atoms with E-state index >= 15 is 0 Å². The highest BCUT2D eigenvalue weighted by atomic mass is 79.9. The summed E-state index contributed by atoms with van der Waals surface area (Å²) in [5.41, 5.74) is 1.25. The lowest BCUT2D eigenvalue weighted by Gasteiger charge is -2.27. The van der Waals surface area contributed by atoms with Gasteiger partial charge in [-0.1, -0.05) is 6.42 Å². The fourth-order valence-electron chi connectivity index (χ4n) is 2.59. The van der Waals surface area contributed by atoms with Gasteiger partial charge in [-0.25, -0.2) is 0 Å². The first-order chi connectivity index (χ1) is 8.08. The SMILES string of the molecule is CN(Cc1csc(Br)c1)C1CCCC1C(=O)O. The van der Waals surface area contributed by atoms with Crippen LogP contribution in [0.3, 0.4) is 0 Å². The molecular weight excluding hydrogens is 302 g/mol. The molecular formula is C12H16BrNO2S. The molecule has 1 fully saturated rings. The zero-order valence-corrected chi connectivity index (χ0v) is 12.1. The molecule has 3 nitrogen and oxygen atoms in total. The molecule has 2 atom stereocenters. The number of aliphatic carboxylic acids is 1. The van der Waals surface area contributed by atoms with Crippen molar-refractivity contribution in [3.8, 4) is 0 Å². The summed E-state index contributed by atoms with van der Waals surface area (Å²) in [5.74, 6) is -0.840. The van der Waals surface area contributed by atoms with Crippen LogP contribution in [0.5, 0.6) is 0 Å². The minimum absolute atomic E-state index is 0.186. The lowest BCUT2D eigenvalue weighted by Crippen LogP contribution is -2.37. The second kappa shape index (κ2) is 5.50. The van der Waals surface area contributed by atoms with Crippen molar-refractivity contribution in [2.75, 3.05) is 7.05 Å². The van der Waals surface area contributed by atoms with Crippen LogP contribution in [0.1, 0.15) is 24.8 Å². The summed E-state index contributed by atoms with van der Waals surface area (Å²) in [5, 5.41) is 11.3. The molecule has 1 N–H and O–H groups in total. The highest BCUT2D eigenvalue weighted by Gasteiger charge is 2.35. The Hall–Kier alpha value is -0.390. The molecule has 1 heterocycles. The van der Waals surface area contributed by atoms with Crippen molar-refractivity contribution in [1.29, 1.82) is 0 Å². The van der Waals surface area contributed by atoms with Crippen molar-refractivity contribution >= 4 is 33.2 Å². The standard InChI is InChI=1S/C12H16BrNO2S/c1-14(6-8-5-11(13)17-7-8)10-4-2-3-9(10)12(15)16/h5,7,9-10H,2-4,6H2,1H3,(H,15,16). The smallest absolute Gasteiger partial charge is 0.308 e. The molecule has 1 saturated carbocycles. The Morgan fingerprint density at radius 3 is 3.00 bits per heavy atom. The summed E-state index contributed by atoms with van der Waals surface area (Å²) < 4.78 is 1.13. The molecule has 0 radical (unpaired) electrons. The monoisotopic (exact) mass is 317 g/mol. The molecule has 2 rings (SSSR count). The van der Waals surface area contributed by atoms with E-state index < -0.39 is 5.97 Å². The number of carboxylic acids is 1. The number of thiophene rings is 1. The number of rotatable bonds is 4. The first-order valence-electron chi connectivity index (χ1n) is 5.74. The maximum absolute atomic E-state index is 11.1. The molecule has 1 aliphatic rings. The minimum atomic E-state index is -0.647. The number of hydrogen-bond donors (Lipinski definition) is 1. The van der Waals surface area contributed by atoms with Crippen molar-refractivity contribution in [3.63, 3.8) is 0 Å². The molecule has 5 heteroatoms. The van der Waals surface area contributed by atoms with Crippen LogP contribution in [0.15, 0.2) is 15.2 Å². The normalized spacial score (nSPS) is 24.4. The minimum Gasteiger partial charge on any atom is -0.481 e. The Balaban J connectivity index is 1.99. The number of hydrogen-bond acceptors (Lipinski definition) is 3. The Kier molecular flexibility index (Phi) is 4.22. The predicted octanol–water partition coefficient (Wildman–Crippen LogP) is 3.20. The molecule has 1 aromatic rings. The third-order valence-electron chi connectivity index (χ3n) is 3.42. The van der Waals surface area contributed by atoms with Gasteiger partial charge in [-0.05, 0) is 52.8 Å². The lowest BCUT2D eigenvalue weighted by molar-refractivity contribution is -0.143. The number of halogens is 1. The van der Waals surface area contributed by atoms with E-state index in [2.05, 4.69) is 32.3 Å². The lowest BCUT2D eigenvalue weighted by atomic mass is 10.0. The van der Waals surface area contributed by atoms with Gasteiger partial charge in [0.2, 0.25) is 0 Å². The molecule has 0 amide bonds. The van der Waals surface area contributed by atoms with Crippen LogP contribution in [0.25, 0.3) is 0 Å². The zero-order valence-electron chi connectivity index (χ0n) is 9.73. The zero-order chi connectivity index (χ0) is 12.4. The van der Waals surface area contributed by atoms with Crippen LogP contribution >= 0.6 is 27.3 Å². The Morgan fingerprint density at radius 2 is 2.41 bits per heavy atom. The van der Waals surface area contributed by atoms with Gasteiger partial charge in [0.1, 0.15) is 0 Å². The van der Waals surface area contributed by atoms with Crippen LogP contribution in [0.4, 0.5) is 0 Å². The fraction of sp³-hybridized carbons (Fsp3) is 0.583. The van der Waals surface area contributed by atoms with Gasteiger partial charge in [0.25, 0.3) is 0 Å². The van der Waals surface area contributed by atoms with E-state index in [-0.39, 0.29) is 12.0 Å². The molecule has 94 valence electrons. The van der Waals surface area contributed by atoms with Crippen LogP contribution in [-0.4, -0.2) is 29.1 Å². The Morgan fingerprint density at radius 1 is 1.65 bits per heavy atom. The van der Waals surface area contributed by atoms with E-state index in [1.54, 1.807) is 11.3 Å². The molecule has 0 bridgehead atoms. The fourth-order valence-corrected chi connectivity index (χ4v) is 3.79. The van der Waals surface area contributed by atoms with Crippen LogP contribution in [0.2, 0.25) is 0 Å². The average molecular weight is 318 g/mol. The molecule has 0 aromatic carbocycles. The number of carbonyl (C=O) groups is 1. The van der Waals surface area contributed by atoms with E-state index in [0.29, 0.717) is 0 Å². The summed E-state index contributed by atoms with van der Waals surface area (Å²) in [6, 6.07) is 2.29. The summed E-state index contributed by atoms with van der Waals surface area (Å²) in [6.45, 7) is 0.830. The van der Waals surface area contributed by atoms with E-state index in [4.69, 9.17) is 0 Å². The van der Waals surface area contributed by atoms with Gasteiger partial charge < -0.3 is 5.11 Å². The molecule has 0 aliphatic heterocycles.